The van der Waals surface area contributed by atoms with Gasteiger partial charge in [-0.2, -0.15) is 4.98 Å². The zero-order valence-corrected chi connectivity index (χ0v) is 29.3. The number of hydrogen-bond donors (Lipinski definition) is 3. The fraction of sp³-hybridized carbons (Fsp3) is 0.300. The number of nitrogens with two attached hydrogens (primary N) is 1. The van der Waals surface area contributed by atoms with Gasteiger partial charge >= 0.3 is 11.5 Å². The largest absolute Gasteiger partial charge is 0.508 e. The zero-order chi connectivity index (χ0) is 35.5. The lowest BCUT2D eigenvalue weighted by atomic mass is 9.99. The third-order valence-electron chi connectivity index (χ3n) is 9.77. The summed E-state index contributed by atoms with van der Waals surface area (Å²) >= 11 is 0. The van der Waals surface area contributed by atoms with Crippen molar-refractivity contribution in [3.63, 3.8) is 0 Å². The summed E-state index contributed by atoms with van der Waals surface area (Å²) in [5.41, 5.74) is 10.8. The van der Waals surface area contributed by atoms with Gasteiger partial charge < -0.3 is 20.1 Å². The van der Waals surface area contributed by atoms with Crippen LogP contribution in [-0.2, 0) is 26.2 Å². The lowest BCUT2D eigenvalue weighted by Gasteiger charge is -2.18. The third kappa shape index (κ3) is 6.77. The number of hydrogen-bond acceptors (Lipinski definition) is 7. The van der Waals surface area contributed by atoms with E-state index in [1.165, 1.54) is 12.8 Å². The van der Waals surface area contributed by atoms with Gasteiger partial charge in [-0.05, 0) is 93.0 Å². The van der Waals surface area contributed by atoms with Gasteiger partial charge in [0.25, 0.3) is 0 Å². The van der Waals surface area contributed by atoms with Gasteiger partial charge in [0.2, 0.25) is 17.0 Å². The SMILES string of the molecule is CCn1c2[n+](c3c(nc(C#Cc4ccccc4)n3Cc3cccc(O)c3)c1=O)CC1(CCCC1)N2.COc1cccc(Cn2cnc(C)c2N)c1. The van der Waals surface area contributed by atoms with Crippen LogP contribution in [0.2, 0.25) is 0 Å². The summed E-state index contributed by atoms with van der Waals surface area (Å²) in [6, 6.07) is 24.9. The van der Waals surface area contributed by atoms with Crippen molar-refractivity contribution in [3.8, 4) is 23.3 Å². The molecule has 1 fully saturated rings. The number of aryl methyl sites for hydroxylation is 1. The number of benzene rings is 3. The van der Waals surface area contributed by atoms with Gasteiger partial charge in [-0.1, -0.05) is 48.4 Å². The number of anilines is 2. The molecular weight excluding hydrogens is 640 g/mol. The van der Waals surface area contributed by atoms with E-state index in [0.717, 1.165) is 59.1 Å². The van der Waals surface area contributed by atoms with E-state index in [4.69, 9.17) is 15.5 Å². The quantitative estimate of drug-likeness (QED) is 0.162. The van der Waals surface area contributed by atoms with Crippen LogP contribution in [0.3, 0.4) is 0 Å². The van der Waals surface area contributed by atoms with Crippen LogP contribution < -0.4 is 25.9 Å². The second-order valence-electron chi connectivity index (χ2n) is 13.2. The third-order valence-corrected chi connectivity index (χ3v) is 9.77. The Bertz CT molecular complexity index is 2320. The van der Waals surface area contributed by atoms with Gasteiger partial charge in [0, 0.05) is 5.56 Å². The van der Waals surface area contributed by atoms with Gasteiger partial charge in [-0.3, -0.25) is 10.1 Å². The van der Waals surface area contributed by atoms with Crippen LogP contribution in [0.5, 0.6) is 11.5 Å². The van der Waals surface area contributed by atoms with Crippen LogP contribution in [0.15, 0.2) is 90.0 Å². The minimum atomic E-state index is -0.103. The number of phenolic OH excluding ortho intramolecular Hbond substituents is 1. The number of imidazole rings is 2. The van der Waals surface area contributed by atoms with E-state index >= 15 is 0 Å². The number of aromatic nitrogens is 6. The maximum Gasteiger partial charge on any atom is 0.327 e. The standard InChI is InChI=1S/C28H27N5O2.C12H15N3O/c1-2-31-26(35)24-25(33-19-28(30-27(31)33)15-6-7-16-28)32(18-21-11-8-12-22(34)17-21)23(29-24)14-13-20-9-4-3-5-10-20;1-9-12(13)15(8-14-9)7-10-4-3-5-11(6-10)16-2/h3-5,8-12,17,34H,2,6-7,15-16,18-19H2,1H3;3-6,8H,7,13H2,1-2H3/p+1. The van der Waals surface area contributed by atoms with E-state index in [1.807, 2.05) is 89.7 Å². The van der Waals surface area contributed by atoms with Crippen molar-refractivity contribution >= 4 is 22.9 Å². The van der Waals surface area contributed by atoms with Crippen LogP contribution in [0.25, 0.3) is 11.2 Å². The van der Waals surface area contributed by atoms with E-state index < -0.39 is 0 Å². The minimum absolute atomic E-state index is 0.0133. The van der Waals surface area contributed by atoms with Crippen molar-refractivity contribution in [1.29, 1.82) is 0 Å². The summed E-state index contributed by atoms with van der Waals surface area (Å²) in [7, 11) is 1.66. The second-order valence-corrected chi connectivity index (χ2v) is 13.2. The molecule has 11 heteroatoms. The molecule has 1 aliphatic heterocycles. The maximum atomic E-state index is 13.6. The highest BCUT2D eigenvalue weighted by atomic mass is 16.5. The predicted octanol–water partition coefficient (Wildman–Crippen LogP) is 5.23. The van der Waals surface area contributed by atoms with Crippen LogP contribution >= 0.6 is 0 Å². The van der Waals surface area contributed by atoms with E-state index in [0.29, 0.717) is 36.8 Å². The Morgan fingerprint density at radius 1 is 0.980 bits per heavy atom. The highest BCUT2D eigenvalue weighted by molar-refractivity contribution is 5.70. The molecule has 0 amide bonds. The molecule has 0 saturated heterocycles. The van der Waals surface area contributed by atoms with Crippen LogP contribution in [0.1, 0.15) is 60.8 Å². The van der Waals surface area contributed by atoms with Crippen molar-refractivity contribution in [1.82, 2.24) is 23.7 Å². The Morgan fingerprint density at radius 3 is 2.41 bits per heavy atom. The molecule has 4 heterocycles. The van der Waals surface area contributed by atoms with Gasteiger partial charge in [-0.25, -0.2) is 18.7 Å². The number of nitrogens with one attached hydrogen (secondary N) is 1. The molecule has 4 N–H and O–H groups in total. The van der Waals surface area contributed by atoms with Crippen molar-refractivity contribution < 1.29 is 14.4 Å². The van der Waals surface area contributed by atoms with E-state index in [9.17, 15) is 9.90 Å². The minimum Gasteiger partial charge on any atom is -0.508 e. The molecule has 3 aromatic heterocycles. The fourth-order valence-electron chi connectivity index (χ4n) is 7.14. The topological polar surface area (TPSA) is 129 Å². The monoisotopic (exact) mass is 683 g/mol. The van der Waals surface area contributed by atoms with E-state index in [-0.39, 0.29) is 16.8 Å². The highest BCUT2D eigenvalue weighted by Gasteiger charge is 2.47. The zero-order valence-electron chi connectivity index (χ0n) is 29.3. The summed E-state index contributed by atoms with van der Waals surface area (Å²) in [5, 5.41) is 13.8. The maximum absolute atomic E-state index is 13.6. The molecule has 0 radical (unpaired) electrons. The Kier molecular flexibility index (Phi) is 9.24. The lowest BCUT2D eigenvalue weighted by Crippen LogP contribution is -2.43. The van der Waals surface area contributed by atoms with Crippen molar-refractivity contribution in [2.24, 2.45) is 0 Å². The first-order chi connectivity index (χ1) is 24.8. The molecule has 0 atom stereocenters. The molecule has 8 rings (SSSR count). The number of rotatable bonds is 6. The molecule has 0 bridgehead atoms. The lowest BCUT2D eigenvalue weighted by molar-refractivity contribution is -0.657. The van der Waals surface area contributed by atoms with E-state index in [1.54, 1.807) is 30.1 Å². The number of nitrogen functional groups attached to an aromatic ring is 1. The first-order valence-electron chi connectivity index (χ1n) is 17.4. The van der Waals surface area contributed by atoms with Crippen LogP contribution in [-0.4, -0.2) is 41.4 Å². The molecule has 260 valence electrons. The summed E-state index contributed by atoms with van der Waals surface area (Å²) < 4.78 is 13.2. The van der Waals surface area contributed by atoms with E-state index in [2.05, 4.69) is 26.7 Å². The first-order valence-corrected chi connectivity index (χ1v) is 17.4. The summed E-state index contributed by atoms with van der Waals surface area (Å²) in [5.74, 6) is 9.61. The molecule has 51 heavy (non-hydrogen) atoms. The molecule has 1 saturated carbocycles. The number of aromatic hydroxyl groups is 1. The molecule has 11 nitrogen and oxygen atoms in total. The normalized spacial score (nSPS) is 14.0. The average Bonchev–Trinajstić information content (AvgIpc) is 3.92. The van der Waals surface area contributed by atoms with Gasteiger partial charge in [0.15, 0.2) is 0 Å². The molecule has 1 spiro atoms. The number of fused-ring (bicyclic) bond motifs is 3. The summed E-state index contributed by atoms with van der Waals surface area (Å²) in [6.07, 6.45) is 6.32. The number of methoxy groups -OCH3 is 1. The average molecular weight is 684 g/mol. The summed E-state index contributed by atoms with van der Waals surface area (Å²) in [6.45, 7) is 6.43. The van der Waals surface area contributed by atoms with Gasteiger partial charge in [0.1, 0.15) is 22.9 Å². The highest BCUT2D eigenvalue weighted by Crippen LogP contribution is 2.36. The molecule has 3 aromatic carbocycles. The summed E-state index contributed by atoms with van der Waals surface area (Å²) in [4.78, 5) is 22.6. The fourth-order valence-corrected chi connectivity index (χ4v) is 7.14. The number of nitrogens with zero attached hydrogens (tertiary/aromatic N) is 6. The predicted molar refractivity (Wildman–Crippen MR) is 198 cm³/mol. The van der Waals surface area contributed by atoms with Gasteiger partial charge in [-0.15, -0.1) is 0 Å². The number of ether oxygens (including phenoxy) is 1. The number of phenols is 1. The molecule has 6 aromatic rings. The van der Waals surface area contributed by atoms with Crippen LogP contribution in [0.4, 0.5) is 11.8 Å². The van der Waals surface area contributed by atoms with Crippen LogP contribution in [0, 0.1) is 18.8 Å². The first kappa shape index (κ1) is 33.5. The Balaban J connectivity index is 0.000000213. The second kappa shape index (κ2) is 14.1. The molecule has 0 unspecified atom stereocenters. The molecular formula is C40H43N8O3+. The van der Waals surface area contributed by atoms with Crippen molar-refractivity contribution in [2.45, 2.75) is 71.2 Å². The van der Waals surface area contributed by atoms with Crippen molar-refractivity contribution in [2.75, 3.05) is 18.2 Å². The molecule has 1 aliphatic carbocycles. The Hall–Kier alpha value is -6.02. The van der Waals surface area contributed by atoms with Crippen molar-refractivity contribution in [3.05, 3.63) is 124 Å². The molecule has 2 aliphatic rings. The Morgan fingerprint density at radius 2 is 1.73 bits per heavy atom. The smallest absolute Gasteiger partial charge is 0.327 e. The Labute approximate surface area is 297 Å². The van der Waals surface area contributed by atoms with Gasteiger partial charge in [0.05, 0.1) is 45.3 Å².